The first-order valence-electron chi connectivity index (χ1n) is 26.1. The molecule has 3 aliphatic heterocycles. The van der Waals surface area contributed by atoms with Gasteiger partial charge in [-0.1, -0.05) is 0 Å². The predicted molar refractivity (Wildman–Crippen MR) is 323 cm³/mol. The Balaban J connectivity index is 0.00000115. The molecule has 2 atom stereocenters. The van der Waals surface area contributed by atoms with Gasteiger partial charge in [-0.3, -0.25) is 34.3 Å². The smallest absolute Gasteiger partial charge is 0.329 e. The Hall–Kier alpha value is -8.38. The van der Waals surface area contributed by atoms with Crippen LogP contribution in [0.1, 0.15) is 0 Å². The van der Waals surface area contributed by atoms with Gasteiger partial charge < -0.3 is 102 Å². The summed E-state index contributed by atoms with van der Waals surface area (Å²) >= 11 is 0. The largest absolute Gasteiger partial charge is 0.424 e. The predicted octanol–water partition coefficient (Wildman–Crippen LogP) is -0.758. The number of hydrogen-bond donors (Lipinski definition) is 3. The van der Waals surface area contributed by atoms with Gasteiger partial charge in [-0.15, -0.1) is 12.8 Å². The molecule has 0 saturated carbocycles. The number of rotatable bonds is 33. The Labute approximate surface area is 521 Å². The number of amides is 6. The number of urea groups is 3. The van der Waals surface area contributed by atoms with Crippen molar-refractivity contribution in [2.45, 2.75) is 12.3 Å². The molecule has 89 heavy (non-hydrogen) atoms. The number of nitrogens with one attached hydrogen (secondary N) is 3. The van der Waals surface area contributed by atoms with E-state index in [1.165, 1.54) is 19.6 Å². The van der Waals surface area contributed by atoms with E-state index in [1.807, 2.05) is 18.7 Å². The first-order chi connectivity index (χ1) is 43.0. The molecule has 3 aliphatic rings. The lowest BCUT2D eigenvalue weighted by atomic mass is 10.3. The molecule has 0 aromatic carbocycles. The summed E-state index contributed by atoms with van der Waals surface area (Å²) in [5, 5.41) is 8.65. The first kappa shape index (κ1) is 80.6. The number of carbonyl (C=O) groups excluding carboxylic acids is 4. The molecule has 0 aliphatic carbocycles. The van der Waals surface area contributed by atoms with E-state index in [-0.39, 0.29) is 71.9 Å². The lowest BCUT2D eigenvalue weighted by molar-refractivity contribution is -0.0980. The third kappa shape index (κ3) is 29.5. The van der Waals surface area contributed by atoms with E-state index >= 15 is 0 Å². The third-order valence-electron chi connectivity index (χ3n) is 10.7. The Morgan fingerprint density at radius 1 is 0.461 bits per heavy atom. The molecule has 0 radical (unpaired) electrons. The molecular weight excluding hydrogens is 1180 g/mol. The van der Waals surface area contributed by atoms with Crippen LogP contribution in [-0.2, 0) is 71.1 Å². The van der Waals surface area contributed by atoms with Crippen molar-refractivity contribution in [1.82, 2.24) is 64.2 Å². The molecule has 3 saturated heterocycles. The molecule has 5 heterocycles. The maximum atomic E-state index is 12.6. The van der Waals surface area contributed by atoms with Crippen LogP contribution in [-0.4, -0.2) is 322 Å². The second kappa shape index (κ2) is 49.6. The summed E-state index contributed by atoms with van der Waals surface area (Å²) in [5.41, 5.74) is 0. The summed E-state index contributed by atoms with van der Waals surface area (Å²) in [6.07, 6.45) is 13.5. The summed E-state index contributed by atoms with van der Waals surface area (Å²) in [4.78, 5) is 86.2. The summed E-state index contributed by atoms with van der Waals surface area (Å²) in [7, 11) is 26.0. The van der Waals surface area contributed by atoms with Crippen molar-refractivity contribution >= 4 is 60.6 Å². The van der Waals surface area contributed by atoms with Crippen LogP contribution >= 0.6 is 0 Å². The van der Waals surface area contributed by atoms with Crippen molar-refractivity contribution in [3.8, 4) is 48.7 Å². The van der Waals surface area contributed by atoms with E-state index in [0.717, 1.165) is 0 Å². The lowest BCUT2D eigenvalue weighted by Gasteiger charge is -2.38. The summed E-state index contributed by atoms with van der Waals surface area (Å²) < 4.78 is 70.3. The highest BCUT2D eigenvalue weighted by Crippen LogP contribution is 2.33. The van der Waals surface area contributed by atoms with Gasteiger partial charge in [-0.2, -0.15) is 29.9 Å². The maximum Gasteiger partial charge on any atom is 0.329 e. The van der Waals surface area contributed by atoms with Gasteiger partial charge >= 0.3 is 18.1 Å². The average molecular weight is 1270 g/mol. The average Bonchev–Trinajstić information content (AvgIpc) is 2.27. The molecule has 37 heteroatoms. The number of carbonyl (C=O) groups is 4. The molecule has 2 aromatic rings. The van der Waals surface area contributed by atoms with Crippen LogP contribution in [0.3, 0.4) is 0 Å². The highest BCUT2D eigenvalue weighted by Gasteiger charge is 2.57. The van der Waals surface area contributed by atoms with Gasteiger partial charge in [-0.05, 0) is 18.9 Å². The van der Waals surface area contributed by atoms with Crippen molar-refractivity contribution in [2.24, 2.45) is 0 Å². The van der Waals surface area contributed by atoms with Crippen molar-refractivity contribution in [2.75, 3.05) is 251 Å². The topological polar surface area (TPSA) is 343 Å². The molecular formula is C52H89N19O18. The minimum atomic E-state index is -0.549. The molecule has 0 spiro atoms. The van der Waals surface area contributed by atoms with Crippen LogP contribution in [0.25, 0.3) is 0 Å². The van der Waals surface area contributed by atoms with Crippen LogP contribution in [0.5, 0.6) is 0 Å². The van der Waals surface area contributed by atoms with E-state index in [4.69, 9.17) is 74.5 Å². The number of hydrogen-bond acceptors (Lipinski definition) is 31. The number of terminal acetylenes is 2. The fourth-order valence-electron chi connectivity index (χ4n) is 7.27. The van der Waals surface area contributed by atoms with Crippen LogP contribution in [0.15, 0.2) is 0 Å². The van der Waals surface area contributed by atoms with Crippen molar-refractivity contribution in [3.63, 3.8) is 0 Å². The molecule has 2 unspecified atom stereocenters. The lowest BCUT2D eigenvalue weighted by Crippen LogP contribution is -2.55. The monoisotopic (exact) mass is 1270 g/mol. The van der Waals surface area contributed by atoms with Gasteiger partial charge in [0.05, 0.1) is 26.6 Å². The second-order valence-corrected chi connectivity index (χ2v) is 17.4. The number of fused-ring (bicyclic) bond motifs is 1. The van der Waals surface area contributed by atoms with Gasteiger partial charge in [0, 0.05) is 118 Å². The molecule has 3 N–H and O–H groups in total. The molecule has 6 amide bonds. The quantitative estimate of drug-likeness (QED) is 0.0449. The number of likely N-dealkylation sites (N-methyl/N-ethyl adjacent to an activating group) is 2. The van der Waals surface area contributed by atoms with E-state index < -0.39 is 12.3 Å². The van der Waals surface area contributed by atoms with E-state index in [9.17, 15) is 14.4 Å². The number of methoxy groups -OCH3 is 12. The second-order valence-electron chi connectivity index (χ2n) is 17.4. The Morgan fingerprint density at radius 3 is 1.08 bits per heavy atom. The minimum Gasteiger partial charge on any atom is -0.424 e. The van der Waals surface area contributed by atoms with Gasteiger partial charge in [0.1, 0.15) is 86.3 Å². The van der Waals surface area contributed by atoms with Gasteiger partial charge in [0.25, 0.3) is 0 Å². The summed E-state index contributed by atoms with van der Waals surface area (Å²) in [6, 6.07) is -0.604. The highest BCUT2D eigenvalue weighted by atomic mass is 16.5. The Bertz CT molecular complexity index is 2270. The van der Waals surface area contributed by atoms with Crippen molar-refractivity contribution in [3.05, 3.63) is 0 Å². The van der Waals surface area contributed by atoms with Crippen LogP contribution in [0.2, 0.25) is 0 Å². The fourth-order valence-corrected chi connectivity index (χ4v) is 7.27. The zero-order valence-electron chi connectivity index (χ0n) is 53.8. The number of ether oxygens (including phenoxy) is 14. The Kier molecular flexibility index (Phi) is 44.9. The normalized spacial score (nSPS) is 14.5. The maximum absolute atomic E-state index is 12.6. The molecule has 5 rings (SSSR count). The first-order valence-corrected chi connectivity index (χ1v) is 26.1. The van der Waals surface area contributed by atoms with Crippen LogP contribution in [0.4, 0.5) is 50.1 Å². The third-order valence-corrected chi connectivity index (χ3v) is 10.7. The number of aromatic nitrogens is 6. The molecule has 500 valence electrons. The zero-order valence-corrected chi connectivity index (χ0v) is 53.8. The molecule has 2 aromatic heterocycles. The molecule has 3 fully saturated rings. The molecule has 37 nitrogen and oxygen atoms in total. The SMILES string of the molecule is C#CC#COCN1C(=O)N(COC#CC#C)C2C1N(C)C(=O)N2C.C=O.COCCOC.COCN(COC)c1nc(N(COC)COC)nc(N(COC)COC)n1.COCN1CN(C)CN(C)C1=O.COCNc1nc(NCOC)nc(NCOC)n1. The number of nitrogens with zero attached hydrogens (tertiary/aromatic N) is 16. The Morgan fingerprint density at radius 2 is 0.798 bits per heavy atom. The van der Waals surface area contributed by atoms with Crippen molar-refractivity contribution < 1.29 is 85.5 Å². The zero-order chi connectivity index (χ0) is 66.9. The summed E-state index contributed by atoms with van der Waals surface area (Å²) in [5.74, 6) is 11.1. The van der Waals surface area contributed by atoms with Gasteiger partial charge in [0.15, 0.2) is 25.8 Å². The minimum absolute atomic E-state index is 0.0231. The standard InChI is InChI=1S/C16H14N4O4.C15H30N6O6.C9H18N6O3.C7H15N3O2.C4H10O2.CH2O/c1-5-7-9-23-11-19-13-14(18(4)15(21)17(13)3)20(16(19)22)12-24-10-8-6-2;1-22-7-19(8-23-2)13-16-14(20(9-24-3)10-25-4)18-15(17-13)21(11-26-5)12-27-6;1-16-4-10-7-13-8(11-5-17-2)15-9(14-7)12-6-18-3;1-8-4-9(2)7(11)10(5-8)6-12-3;1-5-3-4-6-2;1-2/h1-2,13-14H,11-12H2,3-4H3;7-12H2,1-6H3;4-6H2,1-3H3,(H3,10,11,12,13,14,15);4-6H2,1-3H3;3-4H2,1-2H3;1H2. The summed E-state index contributed by atoms with van der Waals surface area (Å²) in [6.45, 7) is 7.08. The van der Waals surface area contributed by atoms with Gasteiger partial charge in [-0.25, -0.2) is 14.4 Å². The van der Waals surface area contributed by atoms with E-state index in [1.54, 1.807) is 131 Å². The van der Waals surface area contributed by atoms with Crippen LogP contribution in [0, 0.1) is 48.7 Å². The fraction of sp³-hybridized carbons (Fsp3) is 0.654. The van der Waals surface area contributed by atoms with E-state index in [0.29, 0.717) is 89.2 Å². The van der Waals surface area contributed by atoms with E-state index in [2.05, 4.69) is 91.2 Å². The highest BCUT2D eigenvalue weighted by molar-refractivity contribution is 5.84. The molecule has 0 bridgehead atoms. The van der Waals surface area contributed by atoms with Crippen LogP contribution < -0.4 is 30.7 Å². The van der Waals surface area contributed by atoms with Gasteiger partial charge in [0.2, 0.25) is 35.7 Å². The number of anilines is 6. The van der Waals surface area contributed by atoms with Crippen molar-refractivity contribution in [1.29, 1.82) is 0 Å².